The first-order valence-corrected chi connectivity index (χ1v) is 9.75. The first-order valence-electron chi connectivity index (χ1n) is 8.93. The Hall–Kier alpha value is -3.68. The molecule has 0 spiro atoms. The summed E-state index contributed by atoms with van der Waals surface area (Å²) in [5, 5.41) is 5.14. The van der Waals surface area contributed by atoms with Crippen molar-refractivity contribution in [3.63, 3.8) is 0 Å². The van der Waals surface area contributed by atoms with Gasteiger partial charge in [0.05, 0.1) is 16.8 Å². The van der Waals surface area contributed by atoms with Crippen LogP contribution in [0.3, 0.4) is 0 Å². The summed E-state index contributed by atoms with van der Waals surface area (Å²) in [4.78, 5) is 8.49. The van der Waals surface area contributed by atoms with E-state index in [0.717, 1.165) is 53.5 Å². The summed E-state index contributed by atoms with van der Waals surface area (Å²) in [7, 11) is 0. The predicted molar refractivity (Wildman–Crippen MR) is 116 cm³/mol. The van der Waals surface area contributed by atoms with Gasteiger partial charge >= 0.3 is 0 Å². The highest BCUT2D eigenvalue weighted by molar-refractivity contribution is 7.21. The third-order valence-corrected chi connectivity index (χ3v) is 6.17. The molecule has 0 fully saturated rings. The average molecular weight is 376 g/mol. The molecule has 0 saturated heterocycles. The van der Waals surface area contributed by atoms with Crippen molar-refractivity contribution in [1.29, 1.82) is 0 Å². The molecule has 0 unspecified atom stereocenters. The second-order valence-electron chi connectivity index (χ2n) is 6.73. The van der Waals surface area contributed by atoms with E-state index in [1.54, 1.807) is 17.4 Å². The fourth-order valence-electron chi connectivity index (χ4n) is 3.83. The predicted octanol–water partition coefficient (Wildman–Crippen LogP) is 7.57. The van der Waals surface area contributed by atoms with Gasteiger partial charge in [-0.3, -0.25) is 0 Å². The van der Waals surface area contributed by atoms with Crippen LogP contribution in [0.5, 0.6) is 0 Å². The van der Waals surface area contributed by atoms with E-state index in [-0.39, 0.29) is 0 Å². The molecule has 0 aliphatic rings. The van der Waals surface area contributed by atoms with Gasteiger partial charge in [0.2, 0.25) is 0 Å². The molecule has 0 N–H and O–H groups in total. The summed E-state index contributed by atoms with van der Waals surface area (Å²) in [5.41, 5.74) is 4.30. The second-order valence-corrected chi connectivity index (χ2v) is 7.76. The molecule has 2 aromatic heterocycles. The highest BCUT2D eigenvalue weighted by Gasteiger charge is 2.18. The summed E-state index contributed by atoms with van der Waals surface area (Å²) >= 11 is 1.68. The maximum Gasteiger partial charge on any atom is 0.188 e. The number of rotatable bonds is 1. The molecule has 3 nitrogen and oxygen atoms in total. The highest BCUT2D eigenvalue weighted by Crippen LogP contribution is 2.43. The van der Waals surface area contributed by atoms with Gasteiger partial charge in [0.1, 0.15) is 16.2 Å². The van der Waals surface area contributed by atoms with Crippen molar-refractivity contribution in [1.82, 2.24) is 4.98 Å². The monoisotopic (exact) mass is 376 g/mol. The van der Waals surface area contributed by atoms with Gasteiger partial charge in [0.15, 0.2) is 5.69 Å². The van der Waals surface area contributed by atoms with Crippen LogP contribution in [0, 0.1) is 6.57 Å². The van der Waals surface area contributed by atoms with Crippen LogP contribution in [-0.2, 0) is 0 Å². The molecule has 28 heavy (non-hydrogen) atoms. The van der Waals surface area contributed by atoms with E-state index < -0.39 is 0 Å². The van der Waals surface area contributed by atoms with Gasteiger partial charge < -0.3 is 4.42 Å². The zero-order valence-corrected chi connectivity index (χ0v) is 15.5. The molecule has 0 amide bonds. The Morgan fingerprint density at radius 2 is 1.75 bits per heavy atom. The third-order valence-electron chi connectivity index (χ3n) is 5.10. The largest absolute Gasteiger partial charge is 0.455 e. The molecule has 0 bridgehead atoms. The average Bonchev–Trinajstić information content (AvgIpc) is 3.34. The Balaban J connectivity index is 1.82. The molecule has 0 aliphatic carbocycles. The lowest BCUT2D eigenvalue weighted by molar-refractivity contribution is 0.673. The normalized spacial score (nSPS) is 11.5. The van der Waals surface area contributed by atoms with Crippen LogP contribution in [0.15, 0.2) is 77.2 Å². The summed E-state index contributed by atoms with van der Waals surface area (Å²) in [6.07, 6.45) is 0. The molecule has 2 heterocycles. The zero-order valence-electron chi connectivity index (χ0n) is 14.6. The molecule has 4 aromatic carbocycles. The lowest BCUT2D eigenvalue weighted by Gasteiger charge is -2.04. The zero-order chi connectivity index (χ0) is 18.7. The van der Waals surface area contributed by atoms with Gasteiger partial charge in [-0.15, -0.1) is 11.3 Å². The van der Waals surface area contributed by atoms with Crippen molar-refractivity contribution < 1.29 is 4.42 Å². The van der Waals surface area contributed by atoms with Crippen LogP contribution < -0.4 is 0 Å². The lowest BCUT2D eigenvalue weighted by atomic mass is 10.0. The number of fused-ring (bicyclic) bond motifs is 6. The van der Waals surface area contributed by atoms with E-state index in [9.17, 15) is 0 Å². The van der Waals surface area contributed by atoms with Gasteiger partial charge in [0.25, 0.3) is 0 Å². The van der Waals surface area contributed by atoms with Gasteiger partial charge in [-0.1, -0.05) is 42.5 Å². The highest BCUT2D eigenvalue weighted by atomic mass is 32.1. The number of thiazole rings is 1. The molecular weight excluding hydrogens is 364 g/mol. The number of hydrogen-bond donors (Lipinski definition) is 0. The minimum atomic E-state index is 0.610. The Bertz CT molecular complexity index is 1550. The van der Waals surface area contributed by atoms with E-state index in [4.69, 9.17) is 16.0 Å². The summed E-state index contributed by atoms with van der Waals surface area (Å²) in [5.74, 6) is 0. The number of benzene rings is 4. The first kappa shape index (κ1) is 15.4. The SMILES string of the molecule is [C-]#[N+]c1ccc2oc3c4ccccc4cc(-c4nc5ccccc5s4)c3c2c1. The lowest BCUT2D eigenvalue weighted by Crippen LogP contribution is -1.81. The quantitative estimate of drug-likeness (QED) is 0.277. The van der Waals surface area contributed by atoms with Crippen molar-refractivity contribution >= 4 is 60.0 Å². The number of nitrogens with zero attached hydrogens (tertiary/aromatic N) is 2. The van der Waals surface area contributed by atoms with Crippen LogP contribution >= 0.6 is 11.3 Å². The van der Waals surface area contributed by atoms with Crippen molar-refractivity contribution in [3.8, 4) is 10.6 Å². The van der Waals surface area contributed by atoms with Crippen molar-refractivity contribution in [2.45, 2.75) is 0 Å². The van der Waals surface area contributed by atoms with Gasteiger partial charge in [0, 0.05) is 21.7 Å². The minimum absolute atomic E-state index is 0.610. The molecule has 6 aromatic rings. The standard InChI is InChI=1S/C24H12N2OS/c1-25-15-10-11-20-17(13-15)22-18(24-26-19-8-4-5-9-21(19)28-24)12-14-6-2-3-7-16(14)23(22)27-20/h2-13H. The van der Waals surface area contributed by atoms with Crippen molar-refractivity contribution in [2.24, 2.45) is 0 Å². The number of hydrogen-bond acceptors (Lipinski definition) is 3. The van der Waals surface area contributed by atoms with E-state index in [2.05, 4.69) is 29.1 Å². The van der Waals surface area contributed by atoms with Crippen LogP contribution in [0.2, 0.25) is 0 Å². The van der Waals surface area contributed by atoms with Crippen LogP contribution in [0.25, 0.3) is 58.3 Å². The molecule has 4 heteroatoms. The Labute approximate surface area is 164 Å². The summed E-state index contributed by atoms with van der Waals surface area (Å²) < 4.78 is 7.44. The van der Waals surface area contributed by atoms with Crippen LogP contribution in [-0.4, -0.2) is 4.98 Å². The van der Waals surface area contributed by atoms with E-state index >= 15 is 0 Å². The van der Waals surface area contributed by atoms with E-state index in [0.29, 0.717) is 5.69 Å². The fraction of sp³-hybridized carbons (Fsp3) is 0. The Kier molecular flexibility index (Phi) is 3.11. The second kappa shape index (κ2) is 5.66. The molecule has 6 rings (SSSR count). The van der Waals surface area contributed by atoms with E-state index in [1.807, 2.05) is 42.5 Å². The van der Waals surface area contributed by atoms with Crippen molar-refractivity contribution in [3.05, 3.63) is 84.2 Å². The number of aromatic nitrogens is 1. The summed E-state index contributed by atoms with van der Waals surface area (Å²) in [6.45, 7) is 7.39. The third kappa shape index (κ3) is 2.11. The van der Waals surface area contributed by atoms with Gasteiger partial charge in [-0.05, 0) is 35.7 Å². The minimum Gasteiger partial charge on any atom is -0.455 e. The smallest absolute Gasteiger partial charge is 0.188 e. The maximum atomic E-state index is 7.39. The van der Waals surface area contributed by atoms with E-state index in [1.165, 1.54) is 0 Å². The van der Waals surface area contributed by atoms with Crippen molar-refractivity contribution in [2.75, 3.05) is 0 Å². The molecule has 0 radical (unpaired) electrons. The summed E-state index contributed by atoms with van der Waals surface area (Å²) in [6, 6.07) is 24.2. The van der Waals surface area contributed by atoms with Crippen LogP contribution in [0.4, 0.5) is 5.69 Å². The topological polar surface area (TPSA) is 30.4 Å². The van der Waals surface area contributed by atoms with Gasteiger partial charge in [-0.2, -0.15) is 0 Å². The fourth-order valence-corrected chi connectivity index (χ4v) is 4.81. The molecule has 0 aliphatic heterocycles. The van der Waals surface area contributed by atoms with Gasteiger partial charge in [-0.25, -0.2) is 9.83 Å². The molecule has 0 saturated carbocycles. The molecular formula is C24H12N2OS. The molecule has 130 valence electrons. The number of para-hydroxylation sites is 1. The Morgan fingerprint density at radius 3 is 2.64 bits per heavy atom. The maximum absolute atomic E-state index is 7.39. The van der Waals surface area contributed by atoms with Crippen LogP contribution in [0.1, 0.15) is 0 Å². The first-order chi connectivity index (χ1) is 13.8. The Morgan fingerprint density at radius 1 is 0.893 bits per heavy atom. The number of furan rings is 1. The molecule has 0 atom stereocenters.